The highest BCUT2D eigenvalue weighted by Gasteiger charge is 2.17. The molecule has 0 aliphatic heterocycles. The number of nitrogens with zero attached hydrogens (tertiary/aromatic N) is 2. The first-order valence-electron chi connectivity index (χ1n) is 8.18. The van der Waals surface area contributed by atoms with Crippen LogP contribution in [0.3, 0.4) is 0 Å². The first-order chi connectivity index (χ1) is 12.5. The van der Waals surface area contributed by atoms with Crippen LogP contribution in [0, 0.1) is 0 Å². The number of imidazole rings is 1. The van der Waals surface area contributed by atoms with Gasteiger partial charge >= 0.3 is 0 Å². The van der Waals surface area contributed by atoms with Crippen LogP contribution in [-0.2, 0) is 11.3 Å². The molecule has 3 aromatic rings. The van der Waals surface area contributed by atoms with Gasteiger partial charge in [-0.25, -0.2) is 4.98 Å². The van der Waals surface area contributed by atoms with Crippen molar-refractivity contribution in [2.75, 3.05) is 19.5 Å². The van der Waals surface area contributed by atoms with Crippen molar-refractivity contribution in [3.63, 3.8) is 0 Å². The maximum Gasteiger partial charge on any atom is 0.244 e. The predicted molar refractivity (Wildman–Crippen MR) is 98.5 cm³/mol. The summed E-state index contributed by atoms with van der Waals surface area (Å²) in [5.74, 6) is 1.37. The van der Waals surface area contributed by atoms with Gasteiger partial charge in [-0.05, 0) is 19.1 Å². The third-order valence-electron chi connectivity index (χ3n) is 3.99. The number of hydrogen-bond donors (Lipinski definition) is 2. The molecule has 2 N–H and O–H groups in total. The fraction of sp³-hybridized carbons (Fsp3) is 0.263. The number of anilines is 1. The van der Waals surface area contributed by atoms with E-state index in [-0.39, 0.29) is 12.5 Å². The molecule has 1 aromatic heterocycles. The van der Waals surface area contributed by atoms with Crippen molar-refractivity contribution in [1.82, 2.24) is 9.55 Å². The molecule has 2 aromatic carbocycles. The van der Waals surface area contributed by atoms with Gasteiger partial charge < -0.3 is 24.5 Å². The quantitative estimate of drug-likeness (QED) is 0.710. The molecule has 7 heteroatoms. The van der Waals surface area contributed by atoms with E-state index in [0.29, 0.717) is 23.0 Å². The number of amides is 1. The van der Waals surface area contributed by atoms with Gasteiger partial charge in [0.2, 0.25) is 5.91 Å². The number of aromatic nitrogens is 2. The first kappa shape index (κ1) is 17.8. The summed E-state index contributed by atoms with van der Waals surface area (Å²) in [6.07, 6.45) is -0.785. The summed E-state index contributed by atoms with van der Waals surface area (Å²) in [5, 5.41) is 12.8. The van der Waals surface area contributed by atoms with E-state index in [2.05, 4.69) is 10.3 Å². The van der Waals surface area contributed by atoms with Gasteiger partial charge in [-0.15, -0.1) is 0 Å². The van der Waals surface area contributed by atoms with E-state index in [9.17, 15) is 9.90 Å². The average molecular weight is 355 g/mol. The van der Waals surface area contributed by atoms with E-state index in [1.54, 1.807) is 43.9 Å². The van der Waals surface area contributed by atoms with Gasteiger partial charge in [0.15, 0.2) is 0 Å². The lowest BCUT2D eigenvalue weighted by atomic mass is 10.2. The molecule has 1 amide bonds. The van der Waals surface area contributed by atoms with Crippen LogP contribution in [0.25, 0.3) is 11.0 Å². The lowest BCUT2D eigenvalue weighted by molar-refractivity contribution is -0.116. The molecule has 0 spiro atoms. The Morgan fingerprint density at radius 2 is 1.85 bits per heavy atom. The minimum atomic E-state index is -0.785. The molecule has 0 aliphatic carbocycles. The lowest BCUT2D eigenvalue weighted by Gasteiger charge is -2.13. The topological polar surface area (TPSA) is 85.6 Å². The smallest absolute Gasteiger partial charge is 0.244 e. The number of aliphatic hydroxyl groups is 1. The SMILES string of the molecule is COc1cc(NC(=O)Cn2c(C(C)O)nc3ccccc32)cc(OC)c1. The monoisotopic (exact) mass is 355 g/mol. The van der Waals surface area contributed by atoms with Crippen molar-refractivity contribution >= 4 is 22.6 Å². The zero-order chi connectivity index (χ0) is 18.7. The Labute approximate surface area is 151 Å². The number of rotatable bonds is 6. The summed E-state index contributed by atoms with van der Waals surface area (Å²) in [4.78, 5) is 17.0. The summed E-state index contributed by atoms with van der Waals surface area (Å²) < 4.78 is 12.1. The number of methoxy groups -OCH3 is 2. The summed E-state index contributed by atoms with van der Waals surface area (Å²) in [7, 11) is 3.10. The maximum absolute atomic E-state index is 12.6. The fourth-order valence-electron chi connectivity index (χ4n) is 2.80. The summed E-state index contributed by atoms with van der Waals surface area (Å²) >= 11 is 0. The zero-order valence-corrected chi connectivity index (χ0v) is 14.9. The number of benzene rings is 2. The maximum atomic E-state index is 12.6. The van der Waals surface area contributed by atoms with Crippen molar-refractivity contribution in [2.45, 2.75) is 19.6 Å². The number of aliphatic hydroxyl groups excluding tert-OH is 1. The molecule has 0 bridgehead atoms. The van der Waals surface area contributed by atoms with E-state index in [1.807, 2.05) is 24.3 Å². The number of ether oxygens (including phenoxy) is 2. The van der Waals surface area contributed by atoms with Gasteiger partial charge in [-0.1, -0.05) is 12.1 Å². The standard InChI is InChI=1S/C19H21N3O4/c1-12(23)19-21-16-6-4-5-7-17(16)22(19)11-18(24)20-13-8-14(25-2)10-15(9-13)26-3/h4-10,12,23H,11H2,1-3H3,(H,20,24). The van der Waals surface area contributed by atoms with Crippen LogP contribution in [-0.4, -0.2) is 34.8 Å². The zero-order valence-electron chi connectivity index (χ0n) is 14.9. The van der Waals surface area contributed by atoms with E-state index in [4.69, 9.17) is 9.47 Å². The van der Waals surface area contributed by atoms with Crippen LogP contribution in [0.5, 0.6) is 11.5 Å². The number of carbonyl (C=O) groups is 1. The molecule has 0 saturated carbocycles. The number of hydrogen-bond acceptors (Lipinski definition) is 5. The second-order valence-electron chi connectivity index (χ2n) is 5.87. The Hall–Kier alpha value is -3.06. The molecule has 136 valence electrons. The molecule has 1 heterocycles. The largest absolute Gasteiger partial charge is 0.497 e. The Bertz CT molecular complexity index is 911. The van der Waals surface area contributed by atoms with Crippen molar-refractivity contribution in [2.24, 2.45) is 0 Å². The number of nitrogens with one attached hydrogen (secondary N) is 1. The molecule has 26 heavy (non-hydrogen) atoms. The van der Waals surface area contributed by atoms with Crippen LogP contribution in [0.1, 0.15) is 18.9 Å². The Morgan fingerprint density at radius 1 is 1.19 bits per heavy atom. The Morgan fingerprint density at radius 3 is 2.46 bits per heavy atom. The van der Waals surface area contributed by atoms with Gasteiger partial charge in [0.1, 0.15) is 30.0 Å². The lowest BCUT2D eigenvalue weighted by Crippen LogP contribution is -2.21. The van der Waals surface area contributed by atoms with Crippen LogP contribution in [0.2, 0.25) is 0 Å². The molecular formula is C19H21N3O4. The van der Waals surface area contributed by atoms with Gasteiger partial charge in [0, 0.05) is 23.9 Å². The highest BCUT2D eigenvalue weighted by Crippen LogP contribution is 2.26. The molecule has 3 rings (SSSR count). The fourth-order valence-corrected chi connectivity index (χ4v) is 2.80. The van der Waals surface area contributed by atoms with Crippen molar-refractivity contribution < 1.29 is 19.4 Å². The molecule has 1 unspecified atom stereocenters. The summed E-state index contributed by atoms with van der Waals surface area (Å²) in [6, 6.07) is 12.6. The van der Waals surface area contributed by atoms with Crippen molar-refractivity contribution in [1.29, 1.82) is 0 Å². The minimum absolute atomic E-state index is 0.0280. The van der Waals surface area contributed by atoms with E-state index >= 15 is 0 Å². The van der Waals surface area contributed by atoms with E-state index in [0.717, 1.165) is 11.0 Å². The third kappa shape index (κ3) is 3.62. The second-order valence-corrected chi connectivity index (χ2v) is 5.87. The Kier molecular flexibility index (Phi) is 5.09. The highest BCUT2D eigenvalue weighted by atomic mass is 16.5. The molecule has 1 atom stereocenters. The number of carbonyl (C=O) groups excluding carboxylic acids is 1. The van der Waals surface area contributed by atoms with Gasteiger partial charge in [-0.3, -0.25) is 4.79 Å². The third-order valence-corrected chi connectivity index (χ3v) is 3.99. The average Bonchev–Trinajstić information content (AvgIpc) is 3.00. The van der Waals surface area contributed by atoms with E-state index < -0.39 is 6.10 Å². The minimum Gasteiger partial charge on any atom is -0.497 e. The first-order valence-corrected chi connectivity index (χ1v) is 8.18. The van der Waals surface area contributed by atoms with Crippen LogP contribution < -0.4 is 14.8 Å². The van der Waals surface area contributed by atoms with Crippen LogP contribution in [0.4, 0.5) is 5.69 Å². The summed E-state index contributed by atoms with van der Waals surface area (Å²) in [5.41, 5.74) is 2.09. The molecular weight excluding hydrogens is 334 g/mol. The number of fused-ring (bicyclic) bond motifs is 1. The predicted octanol–water partition coefficient (Wildman–Crippen LogP) is 2.75. The van der Waals surface area contributed by atoms with Crippen molar-refractivity contribution in [3.05, 3.63) is 48.3 Å². The van der Waals surface area contributed by atoms with Gasteiger partial charge in [-0.2, -0.15) is 0 Å². The second kappa shape index (κ2) is 7.45. The van der Waals surface area contributed by atoms with Crippen LogP contribution >= 0.6 is 0 Å². The van der Waals surface area contributed by atoms with E-state index in [1.165, 1.54) is 0 Å². The normalized spacial score (nSPS) is 12.0. The molecule has 0 saturated heterocycles. The van der Waals surface area contributed by atoms with Gasteiger partial charge in [0.25, 0.3) is 0 Å². The molecule has 0 fully saturated rings. The van der Waals surface area contributed by atoms with Gasteiger partial charge in [0.05, 0.1) is 25.3 Å². The molecule has 0 aliphatic rings. The number of para-hydroxylation sites is 2. The molecule has 7 nitrogen and oxygen atoms in total. The Balaban J connectivity index is 1.87. The van der Waals surface area contributed by atoms with Crippen LogP contribution in [0.15, 0.2) is 42.5 Å². The highest BCUT2D eigenvalue weighted by molar-refractivity contribution is 5.92. The summed E-state index contributed by atoms with van der Waals surface area (Å²) in [6.45, 7) is 1.66. The molecule has 0 radical (unpaired) electrons. The van der Waals surface area contributed by atoms with Crippen molar-refractivity contribution in [3.8, 4) is 11.5 Å².